The maximum absolute atomic E-state index is 5.96. The Hall–Kier alpha value is -1.13. The predicted molar refractivity (Wildman–Crippen MR) is 77.9 cm³/mol. The van der Waals surface area contributed by atoms with Crippen LogP contribution in [0.2, 0.25) is 0 Å². The normalized spacial score (nSPS) is 22.1. The molecule has 4 heteroatoms. The van der Waals surface area contributed by atoms with E-state index in [1.807, 2.05) is 0 Å². The zero-order valence-electron chi connectivity index (χ0n) is 12.2. The molecule has 0 spiro atoms. The van der Waals surface area contributed by atoms with Crippen molar-refractivity contribution in [2.75, 3.05) is 13.2 Å². The molecule has 20 heavy (non-hydrogen) atoms. The molecule has 0 amide bonds. The molecule has 1 atom stereocenters. The van der Waals surface area contributed by atoms with Crippen molar-refractivity contribution in [3.05, 3.63) is 23.4 Å². The number of rotatable bonds is 7. The number of nitrogens with one attached hydrogen (secondary N) is 1. The molecule has 4 nitrogen and oxygen atoms in total. The summed E-state index contributed by atoms with van der Waals surface area (Å²) in [6.07, 6.45) is 5.89. The van der Waals surface area contributed by atoms with E-state index in [0.717, 1.165) is 50.0 Å². The number of hydrogen-bond donors (Lipinski definition) is 1. The molecule has 2 fully saturated rings. The van der Waals surface area contributed by atoms with Crippen LogP contribution in [0.25, 0.3) is 0 Å². The summed E-state index contributed by atoms with van der Waals surface area (Å²) in [4.78, 5) is 4.62. The molecule has 110 valence electrons. The first-order valence-electron chi connectivity index (χ1n) is 7.81. The van der Waals surface area contributed by atoms with Gasteiger partial charge in [0.2, 0.25) is 5.88 Å². The minimum atomic E-state index is 0.170. The van der Waals surface area contributed by atoms with Gasteiger partial charge in [0.25, 0.3) is 0 Å². The predicted octanol–water partition coefficient (Wildman–Crippen LogP) is 2.45. The van der Waals surface area contributed by atoms with Crippen molar-refractivity contribution in [2.24, 2.45) is 0 Å². The molecule has 1 aromatic rings. The zero-order valence-corrected chi connectivity index (χ0v) is 12.2. The number of aryl methyl sites for hydroxylation is 1. The van der Waals surface area contributed by atoms with Crippen molar-refractivity contribution in [3.8, 4) is 5.88 Å². The summed E-state index contributed by atoms with van der Waals surface area (Å²) in [7, 11) is 0. The summed E-state index contributed by atoms with van der Waals surface area (Å²) in [6, 6.07) is 5.01. The smallest absolute Gasteiger partial charge is 0.214 e. The molecule has 1 saturated heterocycles. The highest BCUT2D eigenvalue weighted by molar-refractivity contribution is 5.26. The molecule has 1 saturated carbocycles. The monoisotopic (exact) mass is 276 g/mol. The van der Waals surface area contributed by atoms with Gasteiger partial charge in [-0.2, -0.15) is 0 Å². The van der Waals surface area contributed by atoms with Gasteiger partial charge in [0.15, 0.2) is 0 Å². The second kappa shape index (κ2) is 6.55. The van der Waals surface area contributed by atoms with Crippen molar-refractivity contribution in [2.45, 2.75) is 57.7 Å². The lowest BCUT2D eigenvalue weighted by Gasteiger charge is -2.14. The van der Waals surface area contributed by atoms with Crippen LogP contribution in [0.5, 0.6) is 5.88 Å². The van der Waals surface area contributed by atoms with E-state index >= 15 is 0 Å². The lowest BCUT2D eigenvalue weighted by molar-refractivity contribution is 0.138. The molecule has 0 aromatic carbocycles. The zero-order chi connectivity index (χ0) is 13.8. The molecule has 1 aliphatic carbocycles. The number of pyridine rings is 1. The van der Waals surface area contributed by atoms with E-state index in [4.69, 9.17) is 9.47 Å². The van der Waals surface area contributed by atoms with Crippen molar-refractivity contribution >= 4 is 0 Å². The first-order chi connectivity index (χ1) is 9.83. The number of hydrogen-bond acceptors (Lipinski definition) is 4. The first-order valence-corrected chi connectivity index (χ1v) is 7.81. The number of nitrogens with zero attached hydrogens (tertiary/aromatic N) is 1. The third kappa shape index (κ3) is 3.93. The summed E-state index contributed by atoms with van der Waals surface area (Å²) < 4.78 is 11.3. The average Bonchev–Trinajstić information content (AvgIpc) is 3.13. The minimum absolute atomic E-state index is 0.170. The quantitative estimate of drug-likeness (QED) is 0.831. The van der Waals surface area contributed by atoms with Gasteiger partial charge in [-0.15, -0.1) is 0 Å². The van der Waals surface area contributed by atoms with Gasteiger partial charge in [0.1, 0.15) is 6.10 Å². The van der Waals surface area contributed by atoms with Gasteiger partial charge in [0, 0.05) is 30.8 Å². The minimum Gasteiger partial charge on any atom is -0.472 e. The van der Waals surface area contributed by atoms with Crippen molar-refractivity contribution in [3.63, 3.8) is 0 Å². The highest BCUT2D eigenvalue weighted by atomic mass is 16.5. The van der Waals surface area contributed by atoms with Crippen molar-refractivity contribution in [1.29, 1.82) is 0 Å². The number of ether oxygens (including phenoxy) is 2. The Kier molecular flexibility index (Phi) is 4.53. The summed E-state index contributed by atoms with van der Waals surface area (Å²) in [5.74, 6) is 0.763. The highest BCUT2D eigenvalue weighted by Gasteiger charge is 2.21. The van der Waals surface area contributed by atoms with E-state index in [-0.39, 0.29) is 6.10 Å². The maximum Gasteiger partial charge on any atom is 0.214 e. The first kappa shape index (κ1) is 13.8. The van der Waals surface area contributed by atoms with E-state index in [9.17, 15) is 0 Å². The number of aromatic nitrogens is 1. The van der Waals surface area contributed by atoms with Crippen molar-refractivity contribution in [1.82, 2.24) is 10.3 Å². The SMILES string of the molecule is CCCc1cc(CNC2CC2)cc(OC2CCOC2)n1. The third-order valence-corrected chi connectivity index (χ3v) is 3.77. The summed E-state index contributed by atoms with van der Waals surface area (Å²) in [6.45, 7) is 4.59. The van der Waals surface area contributed by atoms with E-state index in [1.165, 1.54) is 18.4 Å². The molecule has 1 aromatic heterocycles. The van der Waals surface area contributed by atoms with Crippen LogP contribution in [-0.4, -0.2) is 30.3 Å². The molecule has 0 bridgehead atoms. The Labute approximate surface area is 120 Å². The Bertz CT molecular complexity index is 440. The lowest BCUT2D eigenvalue weighted by Crippen LogP contribution is -2.18. The van der Waals surface area contributed by atoms with Crippen LogP contribution in [0, 0.1) is 0 Å². The molecular weight excluding hydrogens is 252 g/mol. The van der Waals surface area contributed by atoms with Gasteiger partial charge >= 0.3 is 0 Å². The summed E-state index contributed by atoms with van der Waals surface area (Å²) >= 11 is 0. The van der Waals surface area contributed by atoms with Crippen LogP contribution in [0.15, 0.2) is 12.1 Å². The highest BCUT2D eigenvalue weighted by Crippen LogP contribution is 2.21. The van der Waals surface area contributed by atoms with Crippen LogP contribution in [0.4, 0.5) is 0 Å². The Morgan fingerprint density at radius 2 is 2.25 bits per heavy atom. The Morgan fingerprint density at radius 1 is 1.35 bits per heavy atom. The van der Waals surface area contributed by atoms with Gasteiger partial charge in [-0.3, -0.25) is 0 Å². The van der Waals surface area contributed by atoms with Crippen LogP contribution in [0.1, 0.15) is 43.9 Å². The fourth-order valence-electron chi connectivity index (χ4n) is 2.49. The van der Waals surface area contributed by atoms with E-state index < -0.39 is 0 Å². The molecular formula is C16H24N2O2. The van der Waals surface area contributed by atoms with E-state index in [2.05, 4.69) is 29.4 Å². The Morgan fingerprint density at radius 3 is 2.95 bits per heavy atom. The second-order valence-corrected chi connectivity index (χ2v) is 5.81. The van der Waals surface area contributed by atoms with Crippen LogP contribution >= 0.6 is 0 Å². The maximum atomic E-state index is 5.96. The molecule has 1 unspecified atom stereocenters. The van der Waals surface area contributed by atoms with Crippen LogP contribution < -0.4 is 10.1 Å². The Balaban J connectivity index is 1.68. The van der Waals surface area contributed by atoms with Crippen LogP contribution in [0.3, 0.4) is 0 Å². The summed E-state index contributed by atoms with van der Waals surface area (Å²) in [5.41, 5.74) is 2.42. The average molecular weight is 276 g/mol. The van der Waals surface area contributed by atoms with Gasteiger partial charge in [-0.1, -0.05) is 13.3 Å². The molecule has 2 aliphatic rings. The topological polar surface area (TPSA) is 43.4 Å². The fourth-order valence-corrected chi connectivity index (χ4v) is 2.49. The lowest BCUT2D eigenvalue weighted by atomic mass is 10.1. The molecule has 1 N–H and O–H groups in total. The van der Waals surface area contributed by atoms with Crippen LogP contribution in [-0.2, 0) is 17.7 Å². The fraction of sp³-hybridized carbons (Fsp3) is 0.688. The van der Waals surface area contributed by atoms with Crippen molar-refractivity contribution < 1.29 is 9.47 Å². The second-order valence-electron chi connectivity index (χ2n) is 5.81. The summed E-state index contributed by atoms with van der Waals surface area (Å²) in [5, 5.41) is 3.56. The standard InChI is InChI=1S/C16H24N2O2/c1-2-3-14-8-12(10-17-13-4-5-13)9-16(18-14)20-15-6-7-19-11-15/h8-9,13,15,17H,2-7,10-11H2,1H3. The molecule has 3 rings (SSSR count). The molecule has 0 radical (unpaired) electrons. The van der Waals surface area contributed by atoms with E-state index in [1.54, 1.807) is 0 Å². The third-order valence-electron chi connectivity index (χ3n) is 3.77. The molecule has 2 heterocycles. The van der Waals surface area contributed by atoms with Gasteiger partial charge in [0.05, 0.1) is 13.2 Å². The van der Waals surface area contributed by atoms with Gasteiger partial charge < -0.3 is 14.8 Å². The van der Waals surface area contributed by atoms with Gasteiger partial charge in [-0.25, -0.2) is 4.98 Å². The van der Waals surface area contributed by atoms with Gasteiger partial charge in [-0.05, 0) is 30.9 Å². The molecule has 1 aliphatic heterocycles. The van der Waals surface area contributed by atoms with E-state index in [0.29, 0.717) is 6.61 Å². The largest absolute Gasteiger partial charge is 0.472 e.